The molecule has 0 atom stereocenters. The van der Waals surface area contributed by atoms with Gasteiger partial charge in [0.05, 0.1) is 11.2 Å². The molecule has 5 aromatic rings. The maximum atomic E-state index is 13.2. The van der Waals surface area contributed by atoms with E-state index in [0.29, 0.717) is 22.2 Å². The van der Waals surface area contributed by atoms with Gasteiger partial charge in [-0.2, -0.15) is 0 Å². The van der Waals surface area contributed by atoms with Crippen LogP contribution in [0.15, 0.2) is 89.6 Å². The number of imidazole rings is 1. The fourth-order valence-corrected chi connectivity index (χ4v) is 5.27. The highest BCUT2D eigenvalue weighted by Gasteiger charge is 2.15. The molecule has 0 amide bonds. The van der Waals surface area contributed by atoms with Crippen molar-refractivity contribution >= 4 is 39.0 Å². The van der Waals surface area contributed by atoms with Crippen molar-refractivity contribution in [3.05, 3.63) is 95.7 Å². The molecule has 4 heterocycles. The summed E-state index contributed by atoms with van der Waals surface area (Å²) < 4.78 is 4.36. The van der Waals surface area contributed by atoms with Crippen LogP contribution in [0.5, 0.6) is 0 Å². The van der Waals surface area contributed by atoms with Crippen LogP contribution in [-0.4, -0.2) is 18.9 Å². The van der Waals surface area contributed by atoms with Gasteiger partial charge in [-0.05, 0) is 23.8 Å². The van der Waals surface area contributed by atoms with Gasteiger partial charge in [-0.25, -0.2) is 9.97 Å². The highest BCUT2D eigenvalue weighted by Crippen LogP contribution is 2.32. The van der Waals surface area contributed by atoms with Crippen molar-refractivity contribution < 1.29 is 0 Å². The zero-order chi connectivity index (χ0) is 20.5. The Morgan fingerprint density at radius 1 is 1.10 bits per heavy atom. The molecule has 5 rings (SSSR count). The Hall–Kier alpha value is -3.16. The summed E-state index contributed by atoms with van der Waals surface area (Å²) >= 11 is 3.01. The van der Waals surface area contributed by atoms with E-state index in [1.807, 2.05) is 71.4 Å². The van der Waals surface area contributed by atoms with Gasteiger partial charge in [0.1, 0.15) is 10.3 Å². The number of nitrogens with zero attached hydrogens (tertiary/aromatic N) is 4. The minimum atomic E-state index is -0.0235. The van der Waals surface area contributed by atoms with E-state index in [-0.39, 0.29) is 5.56 Å². The first-order valence-electron chi connectivity index (χ1n) is 9.49. The van der Waals surface area contributed by atoms with E-state index in [1.165, 1.54) is 23.1 Å². The molecule has 0 radical (unpaired) electrons. The van der Waals surface area contributed by atoms with Crippen molar-refractivity contribution in [1.82, 2.24) is 18.9 Å². The normalized spacial score (nSPS) is 11.3. The van der Waals surface area contributed by atoms with E-state index in [0.717, 1.165) is 27.3 Å². The fraction of sp³-hybridized carbons (Fsp3) is 0.0870. The van der Waals surface area contributed by atoms with Crippen LogP contribution in [0.4, 0.5) is 0 Å². The molecule has 0 aliphatic carbocycles. The van der Waals surface area contributed by atoms with Crippen molar-refractivity contribution in [2.24, 2.45) is 0 Å². The summed E-state index contributed by atoms with van der Waals surface area (Å²) in [7, 11) is 0. The van der Waals surface area contributed by atoms with Gasteiger partial charge in [0.15, 0.2) is 5.16 Å². The SMILES string of the molecule is C=CCn1c(SCc2cn3ccccc3n2)nc2cc(-c3ccccc3)sc2c1=O. The summed E-state index contributed by atoms with van der Waals surface area (Å²) in [5.41, 5.74) is 3.66. The lowest BCUT2D eigenvalue weighted by Gasteiger charge is -2.09. The monoisotopic (exact) mass is 430 g/mol. The van der Waals surface area contributed by atoms with E-state index in [4.69, 9.17) is 4.98 Å². The number of allylic oxidation sites excluding steroid dienone is 1. The smallest absolute Gasteiger partial charge is 0.272 e. The highest BCUT2D eigenvalue weighted by atomic mass is 32.2. The van der Waals surface area contributed by atoms with Gasteiger partial charge in [0, 0.05) is 29.6 Å². The predicted molar refractivity (Wildman–Crippen MR) is 124 cm³/mol. The molecule has 5 nitrogen and oxygen atoms in total. The summed E-state index contributed by atoms with van der Waals surface area (Å²) in [4.78, 5) is 23.7. The zero-order valence-electron chi connectivity index (χ0n) is 16.1. The molecule has 1 aromatic carbocycles. The molecule has 0 saturated heterocycles. The number of benzene rings is 1. The third kappa shape index (κ3) is 3.46. The average Bonchev–Trinajstić information content (AvgIpc) is 3.39. The average molecular weight is 431 g/mol. The van der Waals surface area contributed by atoms with Gasteiger partial charge in [0.25, 0.3) is 5.56 Å². The van der Waals surface area contributed by atoms with Gasteiger partial charge in [0.2, 0.25) is 0 Å². The topological polar surface area (TPSA) is 52.2 Å². The molecule has 0 saturated carbocycles. The molecule has 148 valence electrons. The Bertz CT molecular complexity index is 1380. The molecule has 0 aliphatic rings. The Balaban J connectivity index is 1.53. The van der Waals surface area contributed by atoms with Gasteiger partial charge < -0.3 is 4.40 Å². The first-order chi connectivity index (χ1) is 14.7. The molecule has 30 heavy (non-hydrogen) atoms. The Morgan fingerprint density at radius 2 is 1.93 bits per heavy atom. The van der Waals surface area contributed by atoms with Crippen molar-refractivity contribution in [3.63, 3.8) is 0 Å². The highest BCUT2D eigenvalue weighted by molar-refractivity contribution is 7.98. The predicted octanol–water partition coefficient (Wildman–Crippen LogP) is 5.25. The number of hydrogen-bond acceptors (Lipinski definition) is 5. The molecule has 7 heteroatoms. The van der Waals surface area contributed by atoms with E-state index >= 15 is 0 Å². The van der Waals surface area contributed by atoms with Crippen LogP contribution < -0.4 is 5.56 Å². The Labute approximate surface area is 181 Å². The third-order valence-electron chi connectivity index (χ3n) is 4.73. The van der Waals surface area contributed by atoms with Crippen molar-refractivity contribution in [3.8, 4) is 10.4 Å². The van der Waals surface area contributed by atoms with Gasteiger partial charge in [-0.1, -0.05) is 54.2 Å². The number of hydrogen-bond donors (Lipinski definition) is 0. The summed E-state index contributed by atoms with van der Waals surface area (Å²) in [6.07, 6.45) is 5.72. The lowest BCUT2D eigenvalue weighted by molar-refractivity contribution is 0.672. The number of pyridine rings is 1. The van der Waals surface area contributed by atoms with Crippen LogP contribution in [0.2, 0.25) is 0 Å². The standard InChI is InChI=1S/C23H18N4OS2/c1-2-11-27-22(28)21-18(13-19(30-21)16-8-4-3-5-9-16)25-23(27)29-15-17-14-26-12-7-6-10-20(26)24-17/h2-10,12-14H,1,11,15H2. The van der Waals surface area contributed by atoms with Crippen LogP contribution in [0, 0.1) is 0 Å². The lowest BCUT2D eigenvalue weighted by atomic mass is 10.2. The van der Waals surface area contributed by atoms with Crippen LogP contribution in [0.1, 0.15) is 5.69 Å². The largest absolute Gasteiger partial charge is 0.307 e. The maximum Gasteiger partial charge on any atom is 0.272 e. The maximum absolute atomic E-state index is 13.2. The zero-order valence-corrected chi connectivity index (χ0v) is 17.7. The van der Waals surface area contributed by atoms with Gasteiger partial charge >= 0.3 is 0 Å². The number of thioether (sulfide) groups is 1. The van der Waals surface area contributed by atoms with Crippen LogP contribution in [0.3, 0.4) is 0 Å². The second kappa shape index (κ2) is 7.93. The van der Waals surface area contributed by atoms with E-state index in [1.54, 1.807) is 10.6 Å². The lowest BCUT2D eigenvalue weighted by Crippen LogP contribution is -2.21. The van der Waals surface area contributed by atoms with E-state index in [9.17, 15) is 4.79 Å². The summed E-state index contributed by atoms with van der Waals surface area (Å²) in [6.45, 7) is 4.23. The second-order valence-electron chi connectivity index (χ2n) is 6.78. The Kier molecular flexibility index (Phi) is 4.98. The first-order valence-corrected chi connectivity index (χ1v) is 11.3. The summed E-state index contributed by atoms with van der Waals surface area (Å²) in [5, 5.41) is 0.682. The van der Waals surface area contributed by atoms with Crippen molar-refractivity contribution in [2.45, 2.75) is 17.5 Å². The Morgan fingerprint density at radius 3 is 2.73 bits per heavy atom. The quantitative estimate of drug-likeness (QED) is 0.210. The van der Waals surface area contributed by atoms with Gasteiger partial charge in [-0.15, -0.1) is 17.9 Å². The molecule has 0 aliphatic heterocycles. The molecular weight excluding hydrogens is 412 g/mol. The molecule has 4 aromatic heterocycles. The molecule has 0 unspecified atom stereocenters. The molecule has 0 bridgehead atoms. The van der Waals surface area contributed by atoms with Crippen molar-refractivity contribution in [2.75, 3.05) is 0 Å². The number of rotatable bonds is 6. The summed E-state index contributed by atoms with van der Waals surface area (Å²) in [6, 6.07) is 18.0. The molecule has 0 N–H and O–H groups in total. The number of aromatic nitrogens is 4. The van der Waals surface area contributed by atoms with Gasteiger partial charge in [-0.3, -0.25) is 9.36 Å². The van der Waals surface area contributed by atoms with Crippen LogP contribution >= 0.6 is 23.1 Å². The molecule has 0 spiro atoms. The minimum absolute atomic E-state index is 0.0235. The van der Waals surface area contributed by atoms with E-state index in [2.05, 4.69) is 11.6 Å². The summed E-state index contributed by atoms with van der Waals surface area (Å²) in [5.74, 6) is 0.631. The fourth-order valence-electron chi connectivity index (χ4n) is 3.33. The van der Waals surface area contributed by atoms with Crippen molar-refractivity contribution in [1.29, 1.82) is 0 Å². The number of thiophene rings is 1. The third-order valence-corrected chi connectivity index (χ3v) is 6.90. The molecule has 0 fully saturated rings. The van der Waals surface area contributed by atoms with Crippen LogP contribution in [-0.2, 0) is 12.3 Å². The molecular formula is C23H18N4OS2. The second-order valence-corrected chi connectivity index (χ2v) is 8.77. The van der Waals surface area contributed by atoms with Crippen LogP contribution in [0.25, 0.3) is 26.3 Å². The van der Waals surface area contributed by atoms with E-state index < -0.39 is 0 Å². The minimum Gasteiger partial charge on any atom is -0.307 e. The number of fused-ring (bicyclic) bond motifs is 2. The first kappa shape index (κ1) is 18.8.